The number of hydrogen-bond donors (Lipinski definition) is 1. The zero-order chi connectivity index (χ0) is 11.1. The molecule has 0 aliphatic heterocycles. The van der Waals surface area contributed by atoms with E-state index in [1.807, 2.05) is 0 Å². The summed E-state index contributed by atoms with van der Waals surface area (Å²) < 4.78 is 0. The van der Waals surface area contributed by atoms with Crippen LogP contribution in [0, 0.1) is 11.8 Å². The largest absolute Gasteiger partial charge is 0.359 e. The summed E-state index contributed by atoms with van der Waals surface area (Å²) in [5.41, 5.74) is 0. The third-order valence-corrected chi connectivity index (χ3v) is 3.72. The van der Waals surface area contributed by atoms with Gasteiger partial charge in [-0.15, -0.1) is 0 Å². The van der Waals surface area contributed by atoms with Crippen LogP contribution in [0.25, 0.3) is 0 Å². The Morgan fingerprint density at radius 2 is 2.00 bits per heavy atom. The smallest absolute Gasteiger partial charge is 0.220 e. The molecule has 0 aromatic heterocycles. The molecule has 0 unspecified atom stereocenters. The summed E-state index contributed by atoms with van der Waals surface area (Å²) in [6.07, 6.45) is 10.1. The van der Waals surface area contributed by atoms with Crippen molar-refractivity contribution in [3.63, 3.8) is 0 Å². The van der Waals surface area contributed by atoms with Crippen LogP contribution in [0.4, 0.5) is 0 Å². The summed E-state index contributed by atoms with van der Waals surface area (Å²) in [6, 6.07) is 0. The van der Waals surface area contributed by atoms with Crippen LogP contribution in [0.3, 0.4) is 0 Å². The van der Waals surface area contributed by atoms with Gasteiger partial charge in [0.2, 0.25) is 5.91 Å². The van der Waals surface area contributed by atoms with Gasteiger partial charge in [-0.1, -0.05) is 45.4 Å². The maximum Gasteiger partial charge on any atom is 0.220 e. The Labute approximate surface area is 93.8 Å². The average molecular weight is 211 g/mol. The average Bonchev–Trinajstić information content (AvgIpc) is 2.66. The van der Waals surface area contributed by atoms with Crippen molar-refractivity contribution in [1.29, 1.82) is 0 Å². The Hall–Kier alpha value is -0.530. The second-order valence-corrected chi connectivity index (χ2v) is 4.82. The predicted molar refractivity (Wildman–Crippen MR) is 63.7 cm³/mol. The van der Waals surface area contributed by atoms with E-state index in [1.54, 1.807) is 7.05 Å². The monoisotopic (exact) mass is 211 g/mol. The van der Waals surface area contributed by atoms with Gasteiger partial charge in [-0.3, -0.25) is 4.79 Å². The summed E-state index contributed by atoms with van der Waals surface area (Å²) in [5, 5.41) is 2.74. The van der Waals surface area contributed by atoms with Crippen LogP contribution in [0.1, 0.15) is 58.3 Å². The number of hydrogen-bond acceptors (Lipinski definition) is 1. The normalized spacial score (nSPS) is 25.5. The lowest BCUT2D eigenvalue weighted by Crippen LogP contribution is -2.23. The zero-order valence-electron chi connectivity index (χ0n) is 10.2. The van der Waals surface area contributed by atoms with E-state index < -0.39 is 0 Å². The molecule has 0 radical (unpaired) electrons. The Morgan fingerprint density at radius 3 is 2.67 bits per heavy atom. The van der Waals surface area contributed by atoms with E-state index in [-0.39, 0.29) is 5.91 Å². The van der Waals surface area contributed by atoms with Gasteiger partial charge in [0.1, 0.15) is 0 Å². The van der Waals surface area contributed by atoms with E-state index in [9.17, 15) is 4.79 Å². The number of rotatable bonds is 6. The summed E-state index contributed by atoms with van der Waals surface area (Å²) in [7, 11) is 1.74. The van der Waals surface area contributed by atoms with E-state index in [2.05, 4.69) is 12.2 Å². The van der Waals surface area contributed by atoms with Crippen molar-refractivity contribution in [3.8, 4) is 0 Å². The first-order valence-electron chi connectivity index (χ1n) is 6.48. The maximum absolute atomic E-state index is 11.3. The van der Waals surface area contributed by atoms with Crippen LogP contribution < -0.4 is 5.32 Å². The fraction of sp³-hybridized carbons (Fsp3) is 0.923. The Morgan fingerprint density at radius 1 is 1.27 bits per heavy atom. The number of carbonyl (C=O) groups is 1. The number of amides is 1. The molecule has 0 heterocycles. The molecule has 0 aromatic carbocycles. The van der Waals surface area contributed by atoms with Gasteiger partial charge in [0.05, 0.1) is 0 Å². The van der Waals surface area contributed by atoms with Gasteiger partial charge in [-0.05, 0) is 18.3 Å². The van der Waals surface area contributed by atoms with Crippen LogP contribution in [0.2, 0.25) is 0 Å². The molecule has 0 bridgehead atoms. The molecule has 2 atom stereocenters. The summed E-state index contributed by atoms with van der Waals surface area (Å²) in [4.78, 5) is 11.3. The quantitative estimate of drug-likeness (QED) is 0.672. The molecule has 0 aromatic rings. The van der Waals surface area contributed by atoms with Crippen LogP contribution in [0.15, 0.2) is 0 Å². The second-order valence-electron chi connectivity index (χ2n) is 4.82. The fourth-order valence-corrected chi connectivity index (χ4v) is 2.76. The minimum absolute atomic E-state index is 0.224. The van der Waals surface area contributed by atoms with E-state index >= 15 is 0 Å². The molecule has 1 fully saturated rings. The van der Waals surface area contributed by atoms with Gasteiger partial charge in [0.25, 0.3) is 0 Å². The van der Waals surface area contributed by atoms with Gasteiger partial charge in [-0.25, -0.2) is 0 Å². The summed E-state index contributed by atoms with van der Waals surface area (Å²) in [6.45, 7) is 2.25. The highest BCUT2D eigenvalue weighted by atomic mass is 16.1. The molecule has 0 saturated heterocycles. The molecule has 1 amide bonds. The second kappa shape index (κ2) is 6.86. The van der Waals surface area contributed by atoms with Crippen molar-refractivity contribution < 1.29 is 4.79 Å². The van der Waals surface area contributed by atoms with Crippen LogP contribution >= 0.6 is 0 Å². The van der Waals surface area contributed by atoms with E-state index in [4.69, 9.17) is 0 Å². The maximum atomic E-state index is 11.3. The first-order valence-corrected chi connectivity index (χ1v) is 6.48. The first kappa shape index (κ1) is 12.5. The third kappa shape index (κ3) is 4.23. The van der Waals surface area contributed by atoms with Gasteiger partial charge in [0, 0.05) is 13.5 Å². The van der Waals surface area contributed by atoms with Crippen LogP contribution in [0.5, 0.6) is 0 Å². The van der Waals surface area contributed by atoms with Gasteiger partial charge in [0.15, 0.2) is 0 Å². The Kier molecular flexibility index (Phi) is 5.74. The topological polar surface area (TPSA) is 29.1 Å². The van der Waals surface area contributed by atoms with Crippen molar-refractivity contribution in [2.75, 3.05) is 7.05 Å². The highest BCUT2D eigenvalue weighted by molar-refractivity contribution is 5.75. The highest BCUT2D eigenvalue weighted by Gasteiger charge is 2.27. The molecule has 15 heavy (non-hydrogen) atoms. The molecule has 1 N–H and O–H groups in total. The highest BCUT2D eigenvalue weighted by Crippen LogP contribution is 2.37. The standard InChI is InChI=1S/C13H25NO/c1-3-4-5-7-11-8-6-9-12(11)10-13(15)14-2/h11-12H,3-10H2,1-2H3,(H,14,15)/t11-,12-/m0/s1. The molecule has 1 rings (SSSR count). The first-order chi connectivity index (χ1) is 7.27. The number of nitrogens with one attached hydrogen (secondary N) is 1. The molecule has 2 heteroatoms. The van der Waals surface area contributed by atoms with Gasteiger partial charge in [-0.2, -0.15) is 0 Å². The zero-order valence-corrected chi connectivity index (χ0v) is 10.2. The number of carbonyl (C=O) groups excluding carboxylic acids is 1. The molecule has 2 nitrogen and oxygen atoms in total. The molecular formula is C13H25NO. The minimum Gasteiger partial charge on any atom is -0.359 e. The Bertz CT molecular complexity index is 191. The molecule has 1 aliphatic rings. The van der Waals surface area contributed by atoms with Gasteiger partial charge < -0.3 is 5.32 Å². The lowest BCUT2D eigenvalue weighted by Gasteiger charge is -2.18. The summed E-state index contributed by atoms with van der Waals surface area (Å²) >= 11 is 0. The molecule has 1 aliphatic carbocycles. The summed E-state index contributed by atoms with van der Waals surface area (Å²) in [5.74, 6) is 1.72. The van der Waals surface area contributed by atoms with Crippen molar-refractivity contribution in [2.24, 2.45) is 11.8 Å². The lowest BCUT2D eigenvalue weighted by molar-refractivity contribution is -0.121. The van der Waals surface area contributed by atoms with Crippen molar-refractivity contribution in [1.82, 2.24) is 5.32 Å². The van der Waals surface area contributed by atoms with E-state index in [1.165, 1.54) is 44.9 Å². The third-order valence-electron chi connectivity index (χ3n) is 3.72. The molecule has 88 valence electrons. The number of unbranched alkanes of at least 4 members (excludes halogenated alkanes) is 2. The van der Waals surface area contributed by atoms with E-state index in [0.717, 1.165) is 12.3 Å². The van der Waals surface area contributed by atoms with Crippen LogP contribution in [-0.4, -0.2) is 13.0 Å². The van der Waals surface area contributed by atoms with Crippen molar-refractivity contribution in [3.05, 3.63) is 0 Å². The van der Waals surface area contributed by atoms with Gasteiger partial charge >= 0.3 is 0 Å². The SMILES string of the molecule is CCCCC[C@H]1CCC[C@H]1CC(=O)NC. The predicted octanol–water partition coefficient (Wildman–Crippen LogP) is 3.12. The van der Waals surface area contributed by atoms with Crippen molar-refractivity contribution >= 4 is 5.91 Å². The molecule has 1 saturated carbocycles. The minimum atomic E-state index is 0.224. The molecule has 0 spiro atoms. The Balaban J connectivity index is 2.26. The van der Waals surface area contributed by atoms with E-state index in [0.29, 0.717) is 5.92 Å². The van der Waals surface area contributed by atoms with Crippen LogP contribution in [-0.2, 0) is 4.79 Å². The fourth-order valence-electron chi connectivity index (χ4n) is 2.76. The lowest BCUT2D eigenvalue weighted by atomic mass is 9.88. The molecular weight excluding hydrogens is 186 g/mol. The van der Waals surface area contributed by atoms with Crippen molar-refractivity contribution in [2.45, 2.75) is 58.3 Å².